The SMILES string of the molecule is CC1(C)C(O)CCCN1C(=O)Cc1ccc[nH]1. The summed E-state index contributed by atoms with van der Waals surface area (Å²) >= 11 is 0. The molecular weight excluding hydrogens is 216 g/mol. The number of hydrogen-bond acceptors (Lipinski definition) is 2. The van der Waals surface area contributed by atoms with E-state index in [1.807, 2.05) is 37.1 Å². The maximum absolute atomic E-state index is 12.2. The number of hydrogen-bond donors (Lipinski definition) is 2. The molecule has 4 nitrogen and oxygen atoms in total. The maximum Gasteiger partial charge on any atom is 0.229 e. The summed E-state index contributed by atoms with van der Waals surface area (Å²) in [6, 6.07) is 3.80. The van der Waals surface area contributed by atoms with E-state index in [-0.39, 0.29) is 5.91 Å². The first-order valence-electron chi connectivity index (χ1n) is 6.12. The summed E-state index contributed by atoms with van der Waals surface area (Å²) in [4.78, 5) is 17.1. The summed E-state index contributed by atoms with van der Waals surface area (Å²) in [5, 5.41) is 9.98. The normalized spacial score (nSPS) is 23.7. The third kappa shape index (κ3) is 2.36. The minimum atomic E-state index is -0.456. The second-order valence-corrected chi connectivity index (χ2v) is 5.23. The van der Waals surface area contributed by atoms with Crippen LogP contribution >= 0.6 is 0 Å². The van der Waals surface area contributed by atoms with Crippen molar-refractivity contribution in [1.29, 1.82) is 0 Å². The zero-order valence-corrected chi connectivity index (χ0v) is 10.4. The molecule has 94 valence electrons. The molecule has 1 saturated heterocycles. The number of nitrogens with one attached hydrogen (secondary N) is 1. The Hall–Kier alpha value is -1.29. The smallest absolute Gasteiger partial charge is 0.229 e. The first-order valence-corrected chi connectivity index (χ1v) is 6.12. The van der Waals surface area contributed by atoms with E-state index >= 15 is 0 Å². The number of rotatable bonds is 2. The number of amides is 1. The number of carbonyl (C=O) groups is 1. The Morgan fingerprint density at radius 1 is 1.65 bits per heavy atom. The molecule has 1 aromatic rings. The van der Waals surface area contributed by atoms with E-state index in [9.17, 15) is 9.90 Å². The Labute approximate surface area is 102 Å². The number of carbonyl (C=O) groups excluding carboxylic acids is 1. The van der Waals surface area contributed by atoms with Gasteiger partial charge in [0.2, 0.25) is 5.91 Å². The van der Waals surface area contributed by atoms with Crippen molar-refractivity contribution < 1.29 is 9.90 Å². The van der Waals surface area contributed by atoms with Gasteiger partial charge in [-0.05, 0) is 38.8 Å². The van der Waals surface area contributed by atoms with Gasteiger partial charge in [-0.15, -0.1) is 0 Å². The van der Waals surface area contributed by atoms with E-state index in [2.05, 4.69) is 4.98 Å². The van der Waals surface area contributed by atoms with Crippen molar-refractivity contribution in [3.63, 3.8) is 0 Å². The third-order valence-electron chi connectivity index (χ3n) is 3.68. The Bertz CT molecular complexity index is 384. The molecule has 4 heteroatoms. The third-order valence-corrected chi connectivity index (χ3v) is 3.68. The van der Waals surface area contributed by atoms with Gasteiger partial charge < -0.3 is 15.0 Å². The van der Waals surface area contributed by atoms with Crippen LogP contribution in [-0.4, -0.2) is 39.1 Å². The highest BCUT2D eigenvalue weighted by atomic mass is 16.3. The summed E-state index contributed by atoms with van der Waals surface area (Å²) in [7, 11) is 0. The second kappa shape index (κ2) is 4.53. The molecule has 0 aliphatic carbocycles. The van der Waals surface area contributed by atoms with Gasteiger partial charge >= 0.3 is 0 Å². The van der Waals surface area contributed by atoms with Crippen molar-refractivity contribution in [2.45, 2.75) is 44.8 Å². The van der Waals surface area contributed by atoms with Gasteiger partial charge in [0, 0.05) is 18.4 Å². The monoisotopic (exact) mass is 236 g/mol. The van der Waals surface area contributed by atoms with Crippen LogP contribution in [0.2, 0.25) is 0 Å². The lowest BCUT2D eigenvalue weighted by molar-refractivity contribution is -0.144. The first-order chi connectivity index (χ1) is 8.01. The van der Waals surface area contributed by atoms with Crippen molar-refractivity contribution in [3.05, 3.63) is 24.0 Å². The Kier molecular flexibility index (Phi) is 3.24. The number of aromatic nitrogens is 1. The van der Waals surface area contributed by atoms with Crippen LogP contribution in [0.3, 0.4) is 0 Å². The fourth-order valence-corrected chi connectivity index (χ4v) is 2.45. The van der Waals surface area contributed by atoms with Crippen molar-refractivity contribution in [1.82, 2.24) is 9.88 Å². The summed E-state index contributed by atoms with van der Waals surface area (Å²) in [5.41, 5.74) is 0.466. The summed E-state index contributed by atoms with van der Waals surface area (Å²) in [6.07, 6.45) is 3.42. The Morgan fingerprint density at radius 3 is 3.06 bits per heavy atom. The van der Waals surface area contributed by atoms with Crippen LogP contribution in [0.25, 0.3) is 0 Å². The molecule has 2 N–H and O–H groups in total. The number of nitrogens with zero attached hydrogens (tertiary/aromatic N) is 1. The second-order valence-electron chi connectivity index (χ2n) is 5.23. The van der Waals surface area contributed by atoms with Crippen molar-refractivity contribution in [2.24, 2.45) is 0 Å². The standard InChI is InChI=1S/C13H20N2O2/c1-13(2)11(16)6-4-8-15(13)12(17)9-10-5-3-7-14-10/h3,5,7,11,14,16H,4,6,8-9H2,1-2H3. The number of H-pyrrole nitrogens is 1. The van der Waals surface area contributed by atoms with Crippen LogP contribution in [0.5, 0.6) is 0 Å². The van der Waals surface area contributed by atoms with Gasteiger partial charge in [-0.2, -0.15) is 0 Å². The van der Waals surface area contributed by atoms with E-state index in [1.54, 1.807) is 0 Å². The molecule has 0 saturated carbocycles. The highest BCUT2D eigenvalue weighted by molar-refractivity contribution is 5.79. The van der Waals surface area contributed by atoms with Gasteiger partial charge in [0.15, 0.2) is 0 Å². The number of likely N-dealkylation sites (tertiary alicyclic amines) is 1. The minimum absolute atomic E-state index is 0.0798. The van der Waals surface area contributed by atoms with Crippen LogP contribution in [0.15, 0.2) is 18.3 Å². The minimum Gasteiger partial charge on any atom is -0.391 e. The Balaban J connectivity index is 2.08. The quantitative estimate of drug-likeness (QED) is 0.813. The molecule has 17 heavy (non-hydrogen) atoms. The van der Waals surface area contributed by atoms with Gasteiger partial charge in [0.25, 0.3) is 0 Å². The van der Waals surface area contributed by atoms with Crippen molar-refractivity contribution in [2.75, 3.05) is 6.54 Å². The average molecular weight is 236 g/mol. The predicted molar refractivity (Wildman–Crippen MR) is 65.5 cm³/mol. The molecule has 1 aromatic heterocycles. The molecular formula is C13H20N2O2. The summed E-state index contributed by atoms with van der Waals surface area (Å²) in [6.45, 7) is 4.61. The molecule has 0 aromatic carbocycles. The molecule has 2 heterocycles. The summed E-state index contributed by atoms with van der Waals surface area (Å²) in [5.74, 6) is 0.0798. The number of aliphatic hydroxyl groups is 1. The average Bonchev–Trinajstić information content (AvgIpc) is 2.74. The molecule has 0 radical (unpaired) electrons. The van der Waals surface area contributed by atoms with E-state index in [1.165, 1.54) is 0 Å². The molecule has 2 rings (SSSR count). The highest BCUT2D eigenvalue weighted by Crippen LogP contribution is 2.28. The van der Waals surface area contributed by atoms with Crippen molar-refractivity contribution in [3.8, 4) is 0 Å². The fraction of sp³-hybridized carbons (Fsp3) is 0.615. The number of piperidine rings is 1. The molecule has 1 fully saturated rings. The van der Waals surface area contributed by atoms with Crippen LogP contribution in [0.1, 0.15) is 32.4 Å². The largest absolute Gasteiger partial charge is 0.391 e. The number of aliphatic hydroxyl groups excluding tert-OH is 1. The topological polar surface area (TPSA) is 56.3 Å². The van der Waals surface area contributed by atoms with Crippen LogP contribution in [0.4, 0.5) is 0 Å². The predicted octanol–water partition coefficient (Wildman–Crippen LogP) is 1.32. The lowest BCUT2D eigenvalue weighted by atomic mass is 9.87. The molecule has 1 aliphatic heterocycles. The van der Waals surface area contributed by atoms with Gasteiger partial charge in [0.1, 0.15) is 0 Å². The van der Waals surface area contributed by atoms with Gasteiger partial charge in [-0.3, -0.25) is 4.79 Å². The van der Waals surface area contributed by atoms with E-state index in [0.29, 0.717) is 6.42 Å². The molecule has 1 amide bonds. The van der Waals surface area contributed by atoms with Gasteiger partial charge in [0.05, 0.1) is 18.1 Å². The van der Waals surface area contributed by atoms with Gasteiger partial charge in [-0.25, -0.2) is 0 Å². The lowest BCUT2D eigenvalue weighted by Gasteiger charge is -2.45. The summed E-state index contributed by atoms with van der Waals surface area (Å²) < 4.78 is 0. The van der Waals surface area contributed by atoms with E-state index in [0.717, 1.165) is 25.1 Å². The lowest BCUT2D eigenvalue weighted by Crippen LogP contribution is -2.58. The van der Waals surface area contributed by atoms with Crippen LogP contribution in [-0.2, 0) is 11.2 Å². The van der Waals surface area contributed by atoms with E-state index < -0.39 is 11.6 Å². The molecule has 1 unspecified atom stereocenters. The molecule has 0 spiro atoms. The molecule has 0 bridgehead atoms. The Morgan fingerprint density at radius 2 is 2.41 bits per heavy atom. The number of aromatic amines is 1. The zero-order chi connectivity index (χ0) is 12.5. The maximum atomic E-state index is 12.2. The highest BCUT2D eigenvalue weighted by Gasteiger charge is 2.39. The van der Waals surface area contributed by atoms with Gasteiger partial charge in [-0.1, -0.05) is 0 Å². The molecule has 1 atom stereocenters. The van der Waals surface area contributed by atoms with E-state index in [4.69, 9.17) is 0 Å². The zero-order valence-electron chi connectivity index (χ0n) is 10.4. The van der Waals surface area contributed by atoms with Crippen LogP contribution in [0, 0.1) is 0 Å². The van der Waals surface area contributed by atoms with Crippen LogP contribution < -0.4 is 0 Å². The van der Waals surface area contributed by atoms with Crippen molar-refractivity contribution >= 4 is 5.91 Å². The molecule has 1 aliphatic rings. The fourth-order valence-electron chi connectivity index (χ4n) is 2.45. The first kappa shape index (κ1) is 12.2.